The maximum absolute atomic E-state index is 13.9. The molecular formula is C11H13BrFN5O2. The van der Waals surface area contributed by atoms with Crippen LogP contribution in [-0.4, -0.2) is 24.5 Å². The normalized spacial score (nSPS) is 11.1. The Balaban J connectivity index is 3.19. The van der Waals surface area contributed by atoms with Gasteiger partial charge < -0.3 is 21.9 Å². The number of guanidine groups is 2. The number of nitrogens with two attached hydrogens (primary N) is 3. The zero-order chi connectivity index (χ0) is 15.3. The number of esters is 1. The van der Waals surface area contributed by atoms with Crippen molar-refractivity contribution in [2.75, 3.05) is 6.61 Å². The molecule has 6 N–H and O–H groups in total. The van der Waals surface area contributed by atoms with E-state index in [0.29, 0.717) is 0 Å². The van der Waals surface area contributed by atoms with Crippen LogP contribution in [0.4, 0.5) is 10.1 Å². The largest absolute Gasteiger partial charge is 0.462 e. The molecule has 20 heavy (non-hydrogen) atoms. The van der Waals surface area contributed by atoms with Gasteiger partial charge >= 0.3 is 5.97 Å². The van der Waals surface area contributed by atoms with Crippen molar-refractivity contribution in [3.05, 3.63) is 28.0 Å². The first-order valence-electron chi connectivity index (χ1n) is 5.45. The van der Waals surface area contributed by atoms with E-state index in [9.17, 15) is 9.18 Å². The second-order valence-corrected chi connectivity index (χ2v) is 4.37. The molecule has 0 radical (unpaired) electrons. The van der Waals surface area contributed by atoms with Gasteiger partial charge in [0.1, 0.15) is 5.69 Å². The number of carbonyl (C=O) groups is 1. The number of ether oxygens (including phenoxy) is 1. The van der Waals surface area contributed by atoms with Crippen molar-refractivity contribution in [1.82, 2.24) is 0 Å². The molecule has 1 rings (SSSR count). The van der Waals surface area contributed by atoms with Gasteiger partial charge in [0, 0.05) is 4.47 Å². The van der Waals surface area contributed by atoms with Gasteiger partial charge in [-0.3, -0.25) is 0 Å². The SMILES string of the molecule is CCOC(=O)c1cc(F)c(N=C(N)N=C(N)N)c(Br)c1. The third-order valence-corrected chi connectivity index (χ3v) is 2.60. The minimum absolute atomic E-state index is 0.0515. The second kappa shape index (κ2) is 6.85. The lowest BCUT2D eigenvalue weighted by Gasteiger charge is -2.06. The standard InChI is InChI=1S/C11H13BrFN5O2/c1-2-20-9(19)5-3-6(12)8(7(13)4-5)17-11(16)18-10(14)15/h3-4H,2H2,1H3,(H6,14,15,16,17,18). The molecule has 0 fully saturated rings. The van der Waals surface area contributed by atoms with Gasteiger partial charge in [0.2, 0.25) is 5.96 Å². The minimum atomic E-state index is -0.767. The number of halogens is 2. The summed E-state index contributed by atoms with van der Waals surface area (Å²) in [6.45, 7) is 1.84. The van der Waals surface area contributed by atoms with Crippen LogP contribution in [0.1, 0.15) is 17.3 Å². The fourth-order valence-electron chi connectivity index (χ4n) is 1.28. The highest BCUT2D eigenvalue weighted by atomic mass is 79.9. The second-order valence-electron chi connectivity index (χ2n) is 3.52. The Labute approximate surface area is 122 Å². The molecule has 0 heterocycles. The molecule has 0 atom stereocenters. The maximum atomic E-state index is 13.9. The lowest BCUT2D eigenvalue weighted by Crippen LogP contribution is -2.26. The molecule has 0 bridgehead atoms. The molecule has 0 spiro atoms. The summed E-state index contributed by atoms with van der Waals surface area (Å²) in [5.41, 5.74) is 15.6. The quantitative estimate of drug-likeness (QED) is 0.427. The Bertz CT molecular complexity index is 561. The fraction of sp³-hybridized carbons (Fsp3) is 0.182. The molecule has 0 unspecified atom stereocenters. The van der Waals surface area contributed by atoms with Crippen molar-refractivity contribution >= 4 is 39.5 Å². The smallest absolute Gasteiger partial charge is 0.338 e. The number of benzene rings is 1. The Kier molecular flexibility index (Phi) is 5.44. The summed E-state index contributed by atoms with van der Waals surface area (Å²) in [5, 5.41) is 0. The van der Waals surface area contributed by atoms with Crippen LogP contribution in [0.3, 0.4) is 0 Å². The first kappa shape index (κ1) is 15.9. The number of hydrogen-bond acceptors (Lipinski definition) is 3. The van der Waals surface area contributed by atoms with E-state index < -0.39 is 11.8 Å². The Morgan fingerprint density at radius 2 is 2.05 bits per heavy atom. The average molecular weight is 346 g/mol. The Morgan fingerprint density at radius 3 is 2.55 bits per heavy atom. The van der Waals surface area contributed by atoms with E-state index in [0.717, 1.165) is 6.07 Å². The van der Waals surface area contributed by atoms with Crippen LogP contribution in [0.5, 0.6) is 0 Å². The summed E-state index contributed by atoms with van der Waals surface area (Å²) >= 11 is 3.09. The van der Waals surface area contributed by atoms with E-state index in [1.165, 1.54) is 6.07 Å². The molecule has 1 aromatic carbocycles. The van der Waals surface area contributed by atoms with E-state index >= 15 is 0 Å². The maximum Gasteiger partial charge on any atom is 0.338 e. The fourth-order valence-corrected chi connectivity index (χ4v) is 1.80. The third kappa shape index (κ3) is 4.19. The van der Waals surface area contributed by atoms with Crippen LogP contribution in [0.15, 0.2) is 26.6 Å². The van der Waals surface area contributed by atoms with Crippen LogP contribution in [0.2, 0.25) is 0 Å². The summed E-state index contributed by atoms with van der Waals surface area (Å²) < 4.78 is 18.9. The zero-order valence-corrected chi connectivity index (χ0v) is 12.1. The van der Waals surface area contributed by atoms with Crippen LogP contribution in [-0.2, 0) is 4.74 Å². The third-order valence-electron chi connectivity index (χ3n) is 2.00. The van der Waals surface area contributed by atoms with Gasteiger partial charge in [-0.2, -0.15) is 4.99 Å². The van der Waals surface area contributed by atoms with E-state index in [2.05, 4.69) is 25.9 Å². The first-order valence-corrected chi connectivity index (χ1v) is 6.24. The minimum Gasteiger partial charge on any atom is -0.462 e. The zero-order valence-electron chi connectivity index (χ0n) is 10.6. The van der Waals surface area contributed by atoms with Crippen LogP contribution in [0, 0.1) is 5.82 Å². The van der Waals surface area contributed by atoms with E-state index in [-0.39, 0.29) is 34.2 Å². The van der Waals surface area contributed by atoms with E-state index in [1.54, 1.807) is 6.92 Å². The predicted octanol–water partition coefficient (Wildman–Crippen LogP) is 0.985. The molecule has 108 valence electrons. The van der Waals surface area contributed by atoms with E-state index in [4.69, 9.17) is 21.9 Å². The molecule has 9 heteroatoms. The van der Waals surface area contributed by atoms with Gasteiger partial charge in [-0.15, -0.1) is 0 Å². The summed E-state index contributed by atoms with van der Waals surface area (Å²) in [5.74, 6) is -2.02. The van der Waals surface area contributed by atoms with Crippen molar-refractivity contribution < 1.29 is 13.9 Å². The average Bonchev–Trinajstić information content (AvgIpc) is 2.33. The lowest BCUT2D eigenvalue weighted by molar-refractivity contribution is 0.0526. The summed E-state index contributed by atoms with van der Waals surface area (Å²) in [7, 11) is 0. The summed E-state index contributed by atoms with van der Waals surface area (Å²) in [4.78, 5) is 18.7. The van der Waals surface area contributed by atoms with Crippen LogP contribution < -0.4 is 17.2 Å². The van der Waals surface area contributed by atoms with Gasteiger partial charge in [-0.25, -0.2) is 14.2 Å². The van der Waals surface area contributed by atoms with Crippen LogP contribution >= 0.6 is 15.9 Å². The van der Waals surface area contributed by atoms with Gasteiger partial charge in [-0.05, 0) is 35.0 Å². The lowest BCUT2D eigenvalue weighted by atomic mass is 10.2. The molecule has 0 saturated heterocycles. The highest BCUT2D eigenvalue weighted by molar-refractivity contribution is 9.10. The summed E-state index contributed by atoms with van der Waals surface area (Å²) in [6, 6.07) is 2.35. The van der Waals surface area contributed by atoms with Crippen molar-refractivity contribution in [3.8, 4) is 0 Å². The van der Waals surface area contributed by atoms with Gasteiger partial charge in [-0.1, -0.05) is 0 Å². The monoisotopic (exact) mass is 345 g/mol. The van der Waals surface area contributed by atoms with Crippen LogP contribution in [0.25, 0.3) is 0 Å². The number of rotatable bonds is 3. The van der Waals surface area contributed by atoms with Gasteiger partial charge in [0.05, 0.1) is 12.2 Å². The molecule has 0 saturated carbocycles. The van der Waals surface area contributed by atoms with E-state index in [1.807, 2.05) is 0 Å². The molecule has 1 aromatic rings. The number of nitrogens with zero attached hydrogens (tertiary/aromatic N) is 2. The number of hydrogen-bond donors (Lipinski definition) is 3. The molecule has 0 aliphatic heterocycles. The predicted molar refractivity (Wildman–Crippen MR) is 77.1 cm³/mol. The van der Waals surface area contributed by atoms with Crippen molar-refractivity contribution in [2.45, 2.75) is 6.92 Å². The first-order chi connectivity index (χ1) is 9.35. The van der Waals surface area contributed by atoms with Gasteiger partial charge in [0.15, 0.2) is 11.8 Å². The molecular weight excluding hydrogens is 333 g/mol. The molecule has 0 aliphatic carbocycles. The highest BCUT2D eigenvalue weighted by Crippen LogP contribution is 2.30. The number of carbonyl (C=O) groups excluding carboxylic acids is 1. The molecule has 7 nitrogen and oxygen atoms in total. The molecule has 0 amide bonds. The highest BCUT2D eigenvalue weighted by Gasteiger charge is 2.14. The Hall–Kier alpha value is -2.16. The van der Waals surface area contributed by atoms with Gasteiger partial charge in [0.25, 0.3) is 0 Å². The number of aliphatic imine (C=N–C) groups is 2. The van der Waals surface area contributed by atoms with Crippen molar-refractivity contribution in [1.29, 1.82) is 0 Å². The summed E-state index contributed by atoms with van der Waals surface area (Å²) in [6.07, 6.45) is 0. The molecule has 0 aromatic heterocycles. The Morgan fingerprint density at radius 1 is 1.40 bits per heavy atom. The van der Waals surface area contributed by atoms with Crippen molar-refractivity contribution in [2.24, 2.45) is 27.2 Å². The van der Waals surface area contributed by atoms with Crippen molar-refractivity contribution in [3.63, 3.8) is 0 Å². The topological polar surface area (TPSA) is 129 Å². The molecule has 0 aliphatic rings.